The molecule has 0 radical (unpaired) electrons. The van der Waals surface area contributed by atoms with Gasteiger partial charge in [0.2, 0.25) is 10.0 Å². The maximum absolute atomic E-state index is 12.3. The molecule has 0 aromatic carbocycles. The molecule has 0 aliphatic carbocycles. The standard InChI is InChI=1S/C12H17N5O2S/c1-10(2)12(9-17-14-6-7-15-17)16-20(18,19)11-4-3-5-13-8-11/h3-8,10,12,16H,9H2,1-2H3. The van der Waals surface area contributed by atoms with Crippen LogP contribution in [0.15, 0.2) is 41.8 Å². The smallest absolute Gasteiger partial charge is 0.242 e. The molecule has 0 amide bonds. The highest BCUT2D eigenvalue weighted by molar-refractivity contribution is 7.89. The Bertz CT molecular complexity index is 625. The Kier molecular flexibility index (Phi) is 4.46. The lowest BCUT2D eigenvalue weighted by Crippen LogP contribution is -2.41. The highest BCUT2D eigenvalue weighted by Gasteiger charge is 2.23. The summed E-state index contributed by atoms with van der Waals surface area (Å²) in [7, 11) is -3.59. The normalized spacial score (nSPS) is 13.6. The van der Waals surface area contributed by atoms with Gasteiger partial charge in [-0.3, -0.25) is 4.98 Å². The van der Waals surface area contributed by atoms with Crippen LogP contribution in [-0.2, 0) is 16.6 Å². The number of pyridine rings is 1. The van der Waals surface area contributed by atoms with E-state index in [4.69, 9.17) is 0 Å². The first-order valence-electron chi connectivity index (χ1n) is 6.25. The van der Waals surface area contributed by atoms with Crippen LogP contribution >= 0.6 is 0 Å². The first-order valence-corrected chi connectivity index (χ1v) is 7.74. The molecule has 0 aliphatic rings. The van der Waals surface area contributed by atoms with Gasteiger partial charge in [0.05, 0.1) is 18.9 Å². The molecule has 2 heterocycles. The second-order valence-electron chi connectivity index (χ2n) is 4.74. The van der Waals surface area contributed by atoms with E-state index in [2.05, 4.69) is 19.9 Å². The van der Waals surface area contributed by atoms with Crippen LogP contribution in [0.5, 0.6) is 0 Å². The van der Waals surface area contributed by atoms with Gasteiger partial charge in [-0.1, -0.05) is 13.8 Å². The Morgan fingerprint density at radius 3 is 2.50 bits per heavy atom. The SMILES string of the molecule is CC(C)C(Cn1nccn1)NS(=O)(=O)c1cccnc1. The van der Waals surface area contributed by atoms with Crippen LogP contribution in [0.2, 0.25) is 0 Å². The van der Waals surface area contributed by atoms with Crippen molar-refractivity contribution in [3.05, 3.63) is 36.9 Å². The van der Waals surface area contributed by atoms with Gasteiger partial charge < -0.3 is 0 Å². The lowest BCUT2D eigenvalue weighted by atomic mass is 10.1. The topological polar surface area (TPSA) is 89.8 Å². The van der Waals surface area contributed by atoms with Crippen LogP contribution in [0.1, 0.15) is 13.8 Å². The third-order valence-electron chi connectivity index (χ3n) is 2.88. The van der Waals surface area contributed by atoms with Crippen LogP contribution in [-0.4, -0.2) is 34.4 Å². The largest absolute Gasteiger partial charge is 0.263 e. The van der Waals surface area contributed by atoms with Gasteiger partial charge in [0.1, 0.15) is 4.90 Å². The van der Waals surface area contributed by atoms with Gasteiger partial charge in [0, 0.05) is 18.4 Å². The third-order valence-corrected chi connectivity index (χ3v) is 4.36. The number of hydrogen-bond donors (Lipinski definition) is 1. The van der Waals surface area contributed by atoms with E-state index < -0.39 is 10.0 Å². The number of hydrogen-bond acceptors (Lipinski definition) is 5. The molecule has 1 N–H and O–H groups in total. The maximum Gasteiger partial charge on any atom is 0.242 e. The Morgan fingerprint density at radius 1 is 1.25 bits per heavy atom. The summed E-state index contributed by atoms with van der Waals surface area (Å²) in [6.45, 7) is 4.27. The molecule has 7 nitrogen and oxygen atoms in total. The first-order chi connectivity index (χ1) is 9.49. The summed E-state index contributed by atoms with van der Waals surface area (Å²) in [6, 6.07) is 2.81. The highest BCUT2D eigenvalue weighted by atomic mass is 32.2. The van der Waals surface area contributed by atoms with Crippen molar-refractivity contribution in [3.63, 3.8) is 0 Å². The summed E-state index contributed by atoms with van der Waals surface area (Å²) in [6.07, 6.45) is 5.98. The fourth-order valence-corrected chi connectivity index (χ4v) is 3.01. The van der Waals surface area contributed by atoms with Crippen LogP contribution < -0.4 is 4.72 Å². The number of sulfonamides is 1. The minimum atomic E-state index is -3.59. The van der Waals surface area contributed by atoms with E-state index >= 15 is 0 Å². The number of aromatic nitrogens is 4. The molecule has 2 aromatic heterocycles. The van der Waals surface area contributed by atoms with Crippen molar-refractivity contribution in [2.75, 3.05) is 0 Å². The van der Waals surface area contributed by atoms with Crippen LogP contribution in [0.4, 0.5) is 0 Å². The minimum absolute atomic E-state index is 0.104. The number of nitrogens with one attached hydrogen (secondary N) is 1. The van der Waals surface area contributed by atoms with Gasteiger partial charge in [-0.05, 0) is 18.1 Å². The molecule has 0 saturated heterocycles. The highest BCUT2D eigenvalue weighted by Crippen LogP contribution is 2.11. The lowest BCUT2D eigenvalue weighted by Gasteiger charge is -2.21. The van der Waals surface area contributed by atoms with Crippen molar-refractivity contribution in [1.82, 2.24) is 24.7 Å². The molecule has 2 rings (SSSR count). The Balaban J connectivity index is 2.16. The molecular weight excluding hydrogens is 278 g/mol. The summed E-state index contributed by atoms with van der Waals surface area (Å²) in [5, 5.41) is 8.00. The molecule has 20 heavy (non-hydrogen) atoms. The van der Waals surface area contributed by atoms with Gasteiger partial charge in [-0.15, -0.1) is 0 Å². The zero-order valence-electron chi connectivity index (χ0n) is 11.3. The second kappa shape index (κ2) is 6.10. The Labute approximate surface area is 118 Å². The van der Waals surface area contributed by atoms with Crippen molar-refractivity contribution < 1.29 is 8.42 Å². The van der Waals surface area contributed by atoms with Crippen molar-refractivity contribution in [3.8, 4) is 0 Å². The monoisotopic (exact) mass is 295 g/mol. The van der Waals surface area contributed by atoms with E-state index in [1.807, 2.05) is 13.8 Å². The Hall–Kier alpha value is -1.80. The predicted octanol–water partition coefficient (Wildman–Crippen LogP) is 0.676. The zero-order chi connectivity index (χ0) is 14.6. The molecule has 8 heteroatoms. The van der Waals surface area contributed by atoms with Gasteiger partial charge in [-0.2, -0.15) is 15.0 Å². The molecule has 0 saturated carbocycles. The molecule has 0 spiro atoms. The van der Waals surface area contributed by atoms with Crippen molar-refractivity contribution in [2.24, 2.45) is 5.92 Å². The van der Waals surface area contributed by atoms with Gasteiger partial charge in [-0.25, -0.2) is 13.1 Å². The average Bonchev–Trinajstić information content (AvgIpc) is 2.91. The summed E-state index contributed by atoms with van der Waals surface area (Å²) in [4.78, 5) is 5.45. The average molecular weight is 295 g/mol. The van der Waals surface area contributed by atoms with Gasteiger partial charge in [0.15, 0.2) is 0 Å². The summed E-state index contributed by atoms with van der Waals surface area (Å²) in [5.74, 6) is 0.104. The van der Waals surface area contributed by atoms with Gasteiger partial charge in [0.25, 0.3) is 0 Å². The van der Waals surface area contributed by atoms with E-state index in [1.165, 1.54) is 23.3 Å². The van der Waals surface area contributed by atoms with E-state index in [1.54, 1.807) is 18.5 Å². The minimum Gasteiger partial charge on any atom is -0.263 e. The third kappa shape index (κ3) is 3.61. The van der Waals surface area contributed by atoms with Gasteiger partial charge >= 0.3 is 0 Å². The number of nitrogens with zero attached hydrogens (tertiary/aromatic N) is 4. The Morgan fingerprint density at radius 2 is 1.95 bits per heavy atom. The summed E-state index contributed by atoms with van der Waals surface area (Å²) in [5.41, 5.74) is 0. The quantitative estimate of drug-likeness (QED) is 0.846. The van der Waals surface area contributed by atoms with E-state index in [0.717, 1.165) is 0 Å². The molecular formula is C12H17N5O2S. The van der Waals surface area contributed by atoms with E-state index in [0.29, 0.717) is 6.54 Å². The fourth-order valence-electron chi connectivity index (χ4n) is 1.67. The van der Waals surface area contributed by atoms with Crippen molar-refractivity contribution in [2.45, 2.75) is 31.3 Å². The maximum atomic E-state index is 12.3. The van der Waals surface area contributed by atoms with Crippen LogP contribution in [0.3, 0.4) is 0 Å². The van der Waals surface area contributed by atoms with Crippen LogP contribution in [0.25, 0.3) is 0 Å². The second-order valence-corrected chi connectivity index (χ2v) is 6.46. The molecule has 0 fully saturated rings. The van der Waals surface area contributed by atoms with Crippen LogP contribution in [0, 0.1) is 5.92 Å². The fraction of sp³-hybridized carbons (Fsp3) is 0.417. The van der Waals surface area contributed by atoms with E-state index in [-0.39, 0.29) is 16.9 Å². The molecule has 0 bridgehead atoms. The number of rotatable bonds is 6. The van der Waals surface area contributed by atoms with Crippen molar-refractivity contribution in [1.29, 1.82) is 0 Å². The summed E-state index contributed by atoms with van der Waals surface area (Å²) >= 11 is 0. The zero-order valence-corrected chi connectivity index (χ0v) is 12.2. The molecule has 1 atom stereocenters. The first kappa shape index (κ1) is 14.6. The molecule has 108 valence electrons. The lowest BCUT2D eigenvalue weighted by molar-refractivity contribution is 0.361. The molecule has 0 aliphatic heterocycles. The summed E-state index contributed by atoms with van der Waals surface area (Å²) < 4.78 is 27.2. The van der Waals surface area contributed by atoms with Crippen molar-refractivity contribution >= 4 is 10.0 Å². The molecule has 2 aromatic rings. The van der Waals surface area contributed by atoms with E-state index in [9.17, 15) is 8.42 Å². The predicted molar refractivity (Wildman–Crippen MR) is 73.2 cm³/mol. The molecule has 1 unspecified atom stereocenters.